The molecule has 0 fully saturated rings. The topological polar surface area (TPSA) is 53.4 Å². The van der Waals surface area contributed by atoms with E-state index in [1.165, 1.54) is 11.0 Å². The minimum Gasteiger partial charge on any atom is -0.497 e. The lowest BCUT2D eigenvalue weighted by Crippen LogP contribution is -2.27. The van der Waals surface area contributed by atoms with E-state index in [-0.39, 0.29) is 11.3 Å². The first-order chi connectivity index (χ1) is 16.5. The van der Waals surface area contributed by atoms with Crippen molar-refractivity contribution in [1.82, 2.24) is 9.55 Å². The van der Waals surface area contributed by atoms with E-state index in [4.69, 9.17) is 14.5 Å². The van der Waals surface area contributed by atoms with E-state index < -0.39 is 0 Å². The first kappa shape index (κ1) is 23.4. The molecule has 0 atom stereocenters. The maximum Gasteiger partial charge on any atom is 0.297 e. The maximum atomic E-state index is 13.5. The van der Waals surface area contributed by atoms with Crippen LogP contribution in [0.25, 0.3) is 11.1 Å². The van der Waals surface area contributed by atoms with Gasteiger partial charge in [-0.2, -0.15) is 0 Å². The van der Waals surface area contributed by atoms with Gasteiger partial charge in [-0.1, -0.05) is 60.9 Å². The van der Waals surface area contributed by atoms with Crippen molar-refractivity contribution < 1.29 is 9.47 Å². The summed E-state index contributed by atoms with van der Waals surface area (Å²) in [4.78, 5) is 18.3. The van der Waals surface area contributed by atoms with E-state index in [9.17, 15) is 4.79 Å². The van der Waals surface area contributed by atoms with Crippen LogP contribution in [0.1, 0.15) is 30.4 Å². The number of methoxy groups -OCH3 is 1. The van der Waals surface area contributed by atoms with E-state index in [0.29, 0.717) is 18.0 Å². The van der Waals surface area contributed by atoms with Gasteiger partial charge in [0.25, 0.3) is 5.56 Å². The Labute approximate surface area is 201 Å². The van der Waals surface area contributed by atoms with E-state index in [0.717, 1.165) is 35.5 Å². The van der Waals surface area contributed by atoms with E-state index in [2.05, 4.69) is 57.2 Å². The van der Waals surface area contributed by atoms with Crippen LogP contribution in [0.3, 0.4) is 0 Å². The third-order valence-corrected chi connectivity index (χ3v) is 5.88. The molecule has 3 aromatic carbocycles. The molecule has 6 heteroatoms. The van der Waals surface area contributed by atoms with Gasteiger partial charge in [-0.05, 0) is 54.3 Å². The quantitative estimate of drug-likeness (QED) is 0.375. The molecule has 34 heavy (non-hydrogen) atoms. The molecule has 0 unspecified atom stereocenters. The second-order valence-corrected chi connectivity index (χ2v) is 8.37. The monoisotopic (exact) mass is 452 g/mol. The molecule has 0 bridgehead atoms. The molecule has 1 heterocycles. The number of hydrogen-bond donors (Lipinski definition) is 0. The molecular weight excluding hydrogens is 423 g/mol. The molecular formula is C28H29BN2O3. The van der Waals surface area contributed by atoms with E-state index in [1.54, 1.807) is 35.9 Å². The first-order valence-electron chi connectivity index (χ1n) is 11.6. The summed E-state index contributed by atoms with van der Waals surface area (Å²) in [5.74, 6) is 2.32. The fourth-order valence-electron chi connectivity index (χ4n) is 4.02. The van der Waals surface area contributed by atoms with Gasteiger partial charge in [-0.25, -0.2) is 4.98 Å². The van der Waals surface area contributed by atoms with Crippen LogP contribution >= 0.6 is 0 Å². The number of hydrogen-bond acceptors (Lipinski definition) is 4. The molecule has 4 aromatic rings. The van der Waals surface area contributed by atoms with E-state index >= 15 is 0 Å². The minimum atomic E-state index is -0.172. The van der Waals surface area contributed by atoms with Gasteiger partial charge in [0.2, 0.25) is 5.75 Å². The normalized spacial score (nSPS) is 10.8. The van der Waals surface area contributed by atoms with Crippen LogP contribution in [0, 0.1) is 6.92 Å². The van der Waals surface area contributed by atoms with Gasteiger partial charge in [-0.3, -0.25) is 9.36 Å². The fourth-order valence-corrected chi connectivity index (χ4v) is 4.02. The van der Waals surface area contributed by atoms with Crippen LogP contribution in [-0.2, 0) is 13.0 Å². The Morgan fingerprint density at radius 3 is 2.26 bits per heavy atom. The van der Waals surface area contributed by atoms with Crippen LogP contribution in [0.4, 0.5) is 0 Å². The predicted molar refractivity (Wildman–Crippen MR) is 139 cm³/mol. The minimum absolute atomic E-state index is 0.172. The van der Waals surface area contributed by atoms with Crippen molar-refractivity contribution in [1.29, 1.82) is 0 Å². The molecule has 0 radical (unpaired) electrons. The molecule has 0 aliphatic rings. The fraction of sp³-hybridized carbons (Fsp3) is 0.214. The van der Waals surface area contributed by atoms with Gasteiger partial charge in [0.15, 0.2) is 0 Å². The van der Waals surface area contributed by atoms with Gasteiger partial charge in [0, 0.05) is 6.42 Å². The highest BCUT2D eigenvalue weighted by atomic mass is 16.5. The van der Waals surface area contributed by atoms with Crippen molar-refractivity contribution in [3.8, 4) is 28.4 Å². The van der Waals surface area contributed by atoms with Gasteiger partial charge in [-0.15, -0.1) is 0 Å². The summed E-state index contributed by atoms with van der Waals surface area (Å²) in [6.45, 7) is 4.35. The summed E-state index contributed by atoms with van der Waals surface area (Å²) in [5.41, 5.74) is 5.07. The Balaban J connectivity index is 1.66. The zero-order valence-electron chi connectivity index (χ0n) is 20.2. The summed E-state index contributed by atoms with van der Waals surface area (Å²) >= 11 is 0. The summed E-state index contributed by atoms with van der Waals surface area (Å²) in [6, 6.07) is 23.9. The Hall–Kier alpha value is -3.80. The molecule has 0 amide bonds. The molecule has 0 aliphatic heterocycles. The molecule has 0 saturated carbocycles. The number of ether oxygens (including phenoxy) is 2. The van der Waals surface area contributed by atoms with Crippen molar-refractivity contribution in [3.63, 3.8) is 0 Å². The first-order valence-corrected chi connectivity index (χ1v) is 11.6. The highest BCUT2D eigenvalue weighted by Crippen LogP contribution is 2.24. The second kappa shape index (κ2) is 10.4. The number of aryl methyl sites for hydroxylation is 2. The highest BCUT2D eigenvalue weighted by Gasteiger charge is 2.16. The van der Waals surface area contributed by atoms with Crippen molar-refractivity contribution in [2.75, 3.05) is 7.11 Å². The number of rotatable bonds is 8. The molecule has 0 spiro atoms. The van der Waals surface area contributed by atoms with Crippen LogP contribution in [-0.4, -0.2) is 24.5 Å². The van der Waals surface area contributed by atoms with Crippen LogP contribution in [0.15, 0.2) is 77.6 Å². The summed E-state index contributed by atoms with van der Waals surface area (Å²) in [6.07, 6.45) is 1.62. The van der Waals surface area contributed by atoms with Gasteiger partial charge in [0.05, 0.1) is 19.3 Å². The third-order valence-electron chi connectivity index (χ3n) is 5.88. The van der Waals surface area contributed by atoms with Crippen molar-refractivity contribution in [3.05, 3.63) is 100 Å². The summed E-state index contributed by atoms with van der Waals surface area (Å²) < 4.78 is 12.9. The Morgan fingerprint density at radius 1 is 0.941 bits per heavy atom. The zero-order chi connectivity index (χ0) is 24.1. The van der Waals surface area contributed by atoms with Crippen molar-refractivity contribution in [2.45, 2.75) is 33.2 Å². The molecule has 0 saturated heterocycles. The average Bonchev–Trinajstić information content (AvgIpc) is 2.85. The molecule has 172 valence electrons. The van der Waals surface area contributed by atoms with Gasteiger partial charge < -0.3 is 9.47 Å². The van der Waals surface area contributed by atoms with Crippen molar-refractivity contribution in [2.24, 2.45) is 0 Å². The predicted octanol–water partition coefficient (Wildman–Crippen LogP) is 4.28. The number of aromatic nitrogens is 2. The second-order valence-electron chi connectivity index (χ2n) is 8.37. The van der Waals surface area contributed by atoms with Crippen LogP contribution < -0.4 is 20.5 Å². The SMILES string of the molecule is Bc1ccccc1-c1ccc(Cn2c(CCC)nc(C)c(Oc3ccc(OC)cc3)c2=O)cc1. The van der Waals surface area contributed by atoms with Crippen LogP contribution in [0.2, 0.25) is 0 Å². The van der Waals surface area contributed by atoms with Crippen molar-refractivity contribution >= 4 is 13.3 Å². The molecule has 1 aromatic heterocycles. The summed E-state index contributed by atoms with van der Waals surface area (Å²) in [5, 5.41) is 0. The van der Waals surface area contributed by atoms with E-state index in [1.807, 2.05) is 13.0 Å². The van der Waals surface area contributed by atoms with Crippen LogP contribution in [0.5, 0.6) is 17.2 Å². The molecule has 0 aliphatic carbocycles. The summed E-state index contributed by atoms with van der Waals surface area (Å²) in [7, 11) is 3.73. The average molecular weight is 452 g/mol. The highest BCUT2D eigenvalue weighted by molar-refractivity contribution is 6.35. The molecule has 4 rings (SSSR count). The molecule has 0 N–H and O–H groups in total. The lowest BCUT2D eigenvalue weighted by atomic mass is 9.87. The lowest BCUT2D eigenvalue weighted by molar-refractivity contribution is 0.412. The largest absolute Gasteiger partial charge is 0.497 e. The maximum absolute atomic E-state index is 13.5. The lowest BCUT2D eigenvalue weighted by Gasteiger charge is -2.16. The molecule has 5 nitrogen and oxygen atoms in total. The Bertz CT molecular complexity index is 1330. The smallest absolute Gasteiger partial charge is 0.297 e. The Kier molecular flexibility index (Phi) is 7.17. The van der Waals surface area contributed by atoms with Gasteiger partial charge >= 0.3 is 0 Å². The van der Waals surface area contributed by atoms with Gasteiger partial charge in [0.1, 0.15) is 25.2 Å². The standard InChI is InChI=1S/C28H29BN2O3/c1-4-7-26-30-19(2)27(34-23-16-14-22(33-3)15-17-23)28(32)31(26)18-20-10-12-21(13-11-20)24-8-5-6-9-25(24)29/h5-6,8-17H,4,7,18,29H2,1-3H3. The number of nitrogens with zero attached hydrogens (tertiary/aromatic N) is 2. The number of benzene rings is 3. The Morgan fingerprint density at radius 2 is 1.62 bits per heavy atom. The third kappa shape index (κ3) is 5.06. The zero-order valence-corrected chi connectivity index (χ0v) is 20.2.